The lowest BCUT2D eigenvalue weighted by atomic mass is 9.92. The highest BCUT2D eigenvalue weighted by Gasteiger charge is 2.40. The quantitative estimate of drug-likeness (QED) is 0.727. The van der Waals surface area contributed by atoms with Crippen molar-refractivity contribution in [3.63, 3.8) is 0 Å². The number of hydrogen-bond donors (Lipinski definition) is 2. The van der Waals surface area contributed by atoms with Crippen molar-refractivity contribution in [1.29, 1.82) is 0 Å². The number of carbonyl (C=O) groups is 2. The molecule has 0 aliphatic heterocycles. The summed E-state index contributed by atoms with van der Waals surface area (Å²) in [6, 6.07) is -0.317. The van der Waals surface area contributed by atoms with Gasteiger partial charge in [-0.25, -0.2) is 0 Å². The number of allylic oxidation sites excluding steroid dienone is 2. The molecule has 17 heavy (non-hydrogen) atoms. The molecule has 0 aromatic heterocycles. The number of carboxylic acid groups (broad SMARTS) is 1. The van der Waals surface area contributed by atoms with Gasteiger partial charge in [-0.15, -0.1) is 0 Å². The zero-order valence-corrected chi connectivity index (χ0v) is 10.2. The molecule has 0 aromatic rings. The van der Waals surface area contributed by atoms with Crippen LogP contribution in [0.15, 0.2) is 12.2 Å². The zero-order chi connectivity index (χ0) is 12.6. The highest BCUT2D eigenvalue weighted by molar-refractivity contribution is 5.81. The van der Waals surface area contributed by atoms with Crippen LogP contribution in [0, 0.1) is 23.7 Å². The maximum atomic E-state index is 12.0. The van der Waals surface area contributed by atoms with Gasteiger partial charge in [0.1, 0.15) is 0 Å². The van der Waals surface area contributed by atoms with Crippen LogP contribution in [0.4, 0.5) is 0 Å². The number of rotatable bonds is 4. The molecule has 0 radical (unpaired) electrons. The van der Waals surface area contributed by atoms with Crippen molar-refractivity contribution >= 4 is 11.9 Å². The molecule has 5 atom stereocenters. The summed E-state index contributed by atoms with van der Waals surface area (Å²) in [5, 5.41) is 11.7. The van der Waals surface area contributed by atoms with Crippen molar-refractivity contribution in [3.8, 4) is 0 Å². The van der Waals surface area contributed by atoms with Crippen LogP contribution in [-0.4, -0.2) is 23.0 Å². The molecule has 1 saturated carbocycles. The van der Waals surface area contributed by atoms with Crippen molar-refractivity contribution in [2.24, 2.45) is 23.7 Å². The second kappa shape index (κ2) is 4.51. The van der Waals surface area contributed by atoms with Gasteiger partial charge >= 0.3 is 5.97 Å². The van der Waals surface area contributed by atoms with E-state index in [1.54, 1.807) is 13.8 Å². The summed E-state index contributed by atoms with van der Waals surface area (Å²) < 4.78 is 0. The first-order valence-corrected chi connectivity index (χ1v) is 6.20. The lowest BCUT2D eigenvalue weighted by Crippen LogP contribution is -2.43. The van der Waals surface area contributed by atoms with E-state index in [2.05, 4.69) is 17.5 Å². The number of carbonyl (C=O) groups excluding carboxylic acids is 1. The summed E-state index contributed by atoms with van der Waals surface area (Å²) in [6.45, 7) is 3.37. The second-order valence-electron chi connectivity index (χ2n) is 5.31. The highest BCUT2D eigenvalue weighted by atomic mass is 16.4. The summed E-state index contributed by atoms with van der Waals surface area (Å²) in [7, 11) is 0. The first kappa shape index (κ1) is 12.1. The number of amides is 1. The number of fused-ring (bicyclic) bond motifs is 2. The minimum atomic E-state index is -0.870. The van der Waals surface area contributed by atoms with E-state index in [1.165, 1.54) is 0 Å². The van der Waals surface area contributed by atoms with Crippen LogP contribution in [0.25, 0.3) is 0 Å². The Balaban J connectivity index is 1.89. The molecule has 2 bridgehead atoms. The van der Waals surface area contributed by atoms with E-state index < -0.39 is 11.9 Å². The summed E-state index contributed by atoms with van der Waals surface area (Å²) in [5.74, 6) is -0.426. The fourth-order valence-electron chi connectivity index (χ4n) is 2.75. The van der Waals surface area contributed by atoms with Crippen LogP contribution in [0.3, 0.4) is 0 Å². The molecular weight excluding hydrogens is 218 g/mol. The van der Waals surface area contributed by atoms with Gasteiger partial charge in [-0.05, 0) is 38.5 Å². The molecule has 0 spiro atoms. The van der Waals surface area contributed by atoms with Gasteiger partial charge in [0.2, 0.25) is 5.91 Å². The summed E-state index contributed by atoms with van der Waals surface area (Å²) in [5.41, 5.74) is 0. The zero-order valence-electron chi connectivity index (χ0n) is 10.2. The van der Waals surface area contributed by atoms with E-state index in [0.717, 1.165) is 12.8 Å². The monoisotopic (exact) mass is 237 g/mol. The lowest BCUT2D eigenvalue weighted by Gasteiger charge is -2.23. The molecule has 1 fully saturated rings. The Hall–Kier alpha value is -1.32. The Morgan fingerprint density at radius 3 is 2.47 bits per heavy atom. The first-order valence-electron chi connectivity index (χ1n) is 6.20. The average Bonchev–Trinajstić information content (AvgIpc) is 2.89. The van der Waals surface area contributed by atoms with Gasteiger partial charge in [-0.1, -0.05) is 12.2 Å². The van der Waals surface area contributed by atoms with Crippen LogP contribution in [0.5, 0.6) is 0 Å². The van der Waals surface area contributed by atoms with Crippen molar-refractivity contribution in [2.45, 2.75) is 32.7 Å². The third-order valence-corrected chi connectivity index (χ3v) is 4.13. The van der Waals surface area contributed by atoms with E-state index in [0.29, 0.717) is 11.8 Å². The molecular formula is C13H19NO3. The smallest absolute Gasteiger partial charge is 0.308 e. The van der Waals surface area contributed by atoms with E-state index >= 15 is 0 Å². The van der Waals surface area contributed by atoms with Gasteiger partial charge < -0.3 is 10.4 Å². The molecule has 0 heterocycles. The van der Waals surface area contributed by atoms with Gasteiger partial charge in [0.05, 0.1) is 5.92 Å². The average molecular weight is 237 g/mol. The van der Waals surface area contributed by atoms with Crippen LogP contribution >= 0.6 is 0 Å². The van der Waals surface area contributed by atoms with E-state index in [1.807, 2.05) is 0 Å². The number of hydrogen-bond acceptors (Lipinski definition) is 2. The molecule has 0 saturated heterocycles. The predicted molar refractivity (Wildman–Crippen MR) is 63.2 cm³/mol. The van der Waals surface area contributed by atoms with Crippen molar-refractivity contribution < 1.29 is 14.7 Å². The number of nitrogens with one attached hydrogen (secondary N) is 1. The number of carboxylic acids is 1. The first-order chi connectivity index (χ1) is 7.99. The lowest BCUT2D eigenvalue weighted by molar-refractivity contribution is -0.142. The standard InChI is InChI=1S/C13H19NO3/c1-7(13(16)17)8(2)14-12(15)11-6-9-3-4-10(11)5-9/h3-4,7-11H,5-6H2,1-2H3,(H,14,15)(H,16,17). The number of aliphatic carboxylic acids is 1. The predicted octanol–water partition coefficient (Wildman–Crippen LogP) is 1.42. The molecule has 0 aromatic carbocycles. The fraction of sp³-hybridized carbons (Fsp3) is 0.692. The van der Waals surface area contributed by atoms with Gasteiger partial charge in [-0.2, -0.15) is 0 Å². The van der Waals surface area contributed by atoms with E-state index in [4.69, 9.17) is 5.11 Å². The Labute approximate surface area is 101 Å². The molecule has 4 heteroatoms. The topological polar surface area (TPSA) is 66.4 Å². The van der Waals surface area contributed by atoms with Gasteiger partial charge in [0.15, 0.2) is 0 Å². The minimum absolute atomic E-state index is 0.0162. The van der Waals surface area contributed by atoms with Gasteiger partial charge in [0, 0.05) is 12.0 Å². The van der Waals surface area contributed by atoms with Crippen LogP contribution in [-0.2, 0) is 9.59 Å². The molecule has 94 valence electrons. The largest absolute Gasteiger partial charge is 0.481 e. The molecule has 1 amide bonds. The maximum absolute atomic E-state index is 12.0. The van der Waals surface area contributed by atoms with Gasteiger partial charge in [-0.3, -0.25) is 9.59 Å². The van der Waals surface area contributed by atoms with E-state index in [9.17, 15) is 9.59 Å². The van der Waals surface area contributed by atoms with Crippen molar-refractivity contribution in [2.75, 3.05) is 0 Å². The Morgan fingerprint density at radius 1 is 1.29 bits per heavy atom. The van der Waals surface area contributed by atoms with E-state index in [-0.39, 0.29) is 17.9 Å². The Kier molecular flexibility index (Phi) is 3.22. The molecule has 2 N–H and O–H groups in total. The molecule has 2 rings (SSSR count). The van der Waals surface area contributed by atoms with Gasteiger partial charge in [0.25, 0.3) is 0 Å². The molecule has 5 unspecified atom stereocenters. The summed E-state index contributed by atoms with van der Waals surface area (Å²) >= 11 is 0. The van der Waals surface area contributed by atoms with Crippen molar-refractivity contribution in [3.05, 3.63) is 12.2 Å². The van der Waals surface area contributed by atoms with Crippen LogP contribution < -0.4 is 5.32 Å². The normalized spacial score (nSPS) is 33.4. The third kappa shape index (κ3) is 2.35. The molecule has 2 aliphatic carbocycles. The third-order valence-electron chi connectivity index (χ3n) is 4.13. The SMILES string of the molecule is CC(NC(=O)C1CC2C=CC1C2)C(C)C(=O)O. The maximum Gasteiger partial charge on any atom is 0.308 e. The van der Waals surface area contributed by atoms with Crippen LogP contribution in [0.2, 0.25) is 0 Å². The molecule has 4 nitrogen and oxygen atoms in total. The minimum Gasteiger partial charge on any atom is -0.481 e. The Bertz CT molecular complexity index is 364. The summed E-state index contributed by atoms with van der Waals surface area (Å²) in [6.07, 6.45) is 6.32. The van der Waals surface area contributed by atoms with Crippen molar-refractivity contribution in [1.82, 2.24) is 5.32 Å². The summed E-state index contributed by atoms with van der Waals surface area (Å²) in [4.78, 5) is 22.8. The Morgan fingerprint density at radius 2 is 2.00 bits per heavy atom. The van der Waals surface area contributed by atoms with Crippen LogP contribution in [0.1, 0.15) is 26.7 Å². The molecule has 2 aliphatic rings. The fourth-order valence-corrected chi connectivity index (χ4v) is 2.75. The highest BCUT2D eigenvalue weighted by Crippen LogP contribution is 2.43. The second-order valence-corrected chi connectivity index (χ2v) is 5.31.